The maximum absolute atomic E-state index is 12.4. The summed E-state index contributed by atoms with van der Waals surface area (Å²) in [6.45, 7) is 4.25. The SMILES string of the molecule is Cc1nc(C(=O)N[C@H](C)Cn2cccn2)nn1-c1ccccc1Cl. The molecule has 0 aliphatic rings. The van der Waals surface area contributed by atoms with Crippen molar-refractivity contribution in [2.45, 2.75) is 26.4 Å². The molecule has 2 heterocycles. The maximum atomic E-state index is 12.4. The first-order valence-electron chi connectivity index (χ1n) is 7.51. The number of amides is 1. The zero-order valence-electron chi connectivity index (χ0n) is 13.3. The van der Waals surface area contributed by atoms with Crippen molar-refractivity contribution >= 4 is 17.5 Å². The Morgan fingerprint density at radius 3 is 2.83 bits per heavy atom. The lowest BCUT2D eigenvalue weighted by Crippen LogP contribution is -2.36. The number of nitrogens with zero attached hydrogens (tertiary/aromatic N) is 5. The number of carbonyl (C=O) groups excluding carboxylic acids is 1. The van der Waals surface area contributed by atoms with E-state index in [0.29, 0.717) is 23.1 Å². The molecule has 24 heavy (non-hydrogen) atoms. The Morgan fingerprint density at radius 1 is 1.33 bits per heavy atom. The van der Waals surface area contributed by atoms with Crippen LogP contribution in [0.2, 0.25) is 5.02 Å². The van der Waals surface area contributed by atoms with Gasteiger partial charge in [0.05, 0.1) is 17.3 Å². The maximum Gasteiger partial charge on any atom is 0.291 e. The topological polar surface area (TPSA) is 77.6 Å². The molecule has 2 aromatic heterocycles. The van der Waals surface area contributed by atoms with Crippen LogP contribution in [-0.4, -0.2) is 36.5 Å². The van der Waals surface area contributed by atoms with E-state index in [9.17, 15) is 4.79 Å². The van der Waals surface area contributed by atoms with Crippen molar-refractivity contribution in [1.82, 2.24) is 29.9 Å². The first-order chi connectivity index (χ1) is 11.5. The third-order valence-electron chi connectivity index (χ3n) is 3.45. The molecule has 1 atom stereocenters. The monoisotopic (exact) mass is 344 g/mol. The minimum absolute atomic E-state index is 0.107. The van der Waals surface area contributed by atoms with Crippen LogP contribution in [0.3, 0.4) is 0 Å². The van der Waals surface area contributed by atoms with Crippen LogP contribution in [0.4, 0.5) is 0 Å². The minimum Gasteiger partial charge on any atom is -0.345 e. The van der Waals surface area contributed by atoms with E-state index in [2.05, 4.69) is 20.5 Å². The van der Waals surface area contributed by atoms with E-state index in [1.807, 2.05) is 37.4 Å². The lowest BCUT2D eigenvalue weighted by molar-refractivity contribution is 0.0925. The van der Waals surface area contributed by atoms with E-state index in [1.54, 1.807) is 28.6 Å². The van der Waals surface area contributed by atoms with Gasteiger partial charge >= 0.3 is 0 Å². The Hall–Kier alpha value is -2.67. The molecule has 0 aliphatic heterocycles. The van der Waals surface area contributed by atoms with Gasteiger partial charge in [0.1, 0.15) is 5.82 Å². The fourth-order valence-electron chi connectivity index (χ4n) is 2.36. The van der Waals surface area contributed by atoms with E-state index < -0.39 is 0 Å². The summed E-state index contributed by atoms with van der Waals surface area (Å²) in [5.41, 5.74) is 0.688. The van der Waals surface area contributed by atoms with E-state index >= 15 is 0 Å². The lowest BCUT2D eigenvalue weighted by Gasteiger charge is -2.12. The van der Waals surface area contributed by atoms with Crippen molar-refractivity contribution < 1.29 is 4.79 Å². The normalized spacial score (nSPS) is 12.1. The molecule has 0 aliphatic carbocycles. The van der Waals surface area contributed by atoms with E-state index in [1.165, 1.54) is 0 Å². The summed E-state index contributed by atoms with van der Waals surface area (Å²) in [5.74, 6) is 0.372. The predicted octanol–water partition coefficient (Wildman–Crippen LogP) is 2.24. The molecular weight excluding hydrogens is 328 g/mol. The number of rotatable bonds is 5. The Labute approximate surface area is 144 Å². The molecule has 3 aromatic rings. The van der Waals surface area contributed by atoms with Crippen molar-refractivity contribution in [1.29, 1.82) is 0 Å². The van der Waals surface area contributed by atoms with Crippen molar-refractivity contribution in [2.75, 3.05) is 0 Å². The van der Waals surface area contributed by atoms with Gasteiger partial charge in [-0.05, 0) is 32.0 Å². The minimum atomic E-state index is -0.330. The molecule has 0 fully saturated rings. The van der Waals surface area contributed by atoms with Gasteiger partial charge < -0.3 is 5.32 Å². The summed E-state index contributed by atoms with van der Waals surface area (Å²) in [5, 5.41) is 11.8. The van der Waals surface area contributed by atoms with Gasteiger partial charge in [-0.2, -0.15) is 5.10 Å². The van der Waals surface area contributed by atoms with Gasteiger partial charge in [0.25, 0.3) is 5.91 Å². The van der Waals surface area contributed by atoms with E-state index in [0.717, 1.165) is 0 Å². The standard InChI is InChI=1S/C16H17ClN6O/c1-11(10-22-9-5-8-18-22)19-16(24)15-20-12(2)23(21-15)14-7-4-3-6-13(14)17/h3-9,11H,10H2,1-2H3,(H,19,24)/t11-/m1/s1. The molecule has 124 valence electrons. The predicted molar refractivity (Wildman–Crippen MR) is 90.3 cm³/mol. The van der Waals surface area contributed by atoms with Crippen molar-refractivity contribution in [2.24, 2.45) is 0 Å². The first-order valence-corrected chi connectivity index (χ1v) is 7.89. The summed E-state index contributed by atoms with van der Waals surface area (Å²) < 4.78 is 3.32. The summed E-state index contributed by atoms with van der Waals surface area (Å²) >= 11 is 6.18. The molecular formula is C16H17ClN6O. The number of hydrogen-bond acceptors (Lipinski definition) is 4. The number of aryl methyl sites for hydroxylation is 1. The van der Waals surface area contributed by atoms with Crippen LogP contribution < -0.4 is 5.32 Å². The van der Waals surface area contributed by atoms with Crippen LogP contribution in [0.15, 0.2) is 42.7 Å². The highest BCUT2D eigenvalue weighted by Gasteiger charge is 2.18. The fourth-order valence-corrected chi connectivity index (χ4v) is 2.58. The Kier molecular flexibility index (Phi) is 4.61. The smallest absolute Gasteiger partial charge is 0.291 e. The van der Waals surface area contributed by atoms with Gasteiger partial charge in [0.2, 0.25) is 5.82 Å². The van der Waals surface area contributed by atoms with Gasteiger partial charge in [0, 0.05) is 18.4 Å². The van der Waals surface area contributed by atoms with Crippen molar-refractivity contribution in [3.05, 3.63) is 59.4 Å². The van der Waals surface area contributed by atoms with E-state index in [4.69, 9.17) is 11.6 Å². The van der Waals surface area contributed by atoms with Crippen molar-refractivity contribution in [3.63, 3.8) is 0 Å². The van der Waals surface area contributed by atoms with Gasteiger partial charge in [-0.25, -0.2) is 9.67 Å². The average molecular weight is 345 g/mol. The molecule has 1 aromatic carbocycles. The molecule has 3 rings (SSSR count). The number of para-hydroxylation sites is 1. The number of halogens is 1. The zero-order chi connectivity index (χ0) is 17.1. The summed E-state index contributed by atoms with van der Waals surface area (Å²) in [7, 11) is 0. The fraction of sp³-hybridized carbons (Fsp3) is 0.250. The molecule has 0 spiro atoms. The van der Waals surface area contributed by atoms with Crippen molar-refractivity contribution in [3.8, 4) is 5.69 Å². The summed E-state index contributed by atoms with van der Waals surface area (Å²) in [6, 6.07) is 9.02. The number of hydrogen-bond donors (Lipinski definition) is 1. The Morgan fingerprint density at radius 2 is 2.12 bits per heavy atom. The zero-order valence-corrected chi connectivity index (χ0v) is 14.1. The molecule has 7 nitrogen and oxygen atoms in total. The van der Waals surface area contributed by atoms with E-state index in [-0.39, 0.29) is 17.8 Å². The summed E-state index contributed by atoms with van der Waals surface area (Å²) in [4.78, 5) is 16.6. The molecule has 1 N–H and O–H groups in total. The van der Waals surface area contributed by atoms with Crippen LogP contribution in [0, 0.1) is 6.92 Å². The lowest BCUT2D eigenvalue weighted by atomic mass is 10.3. The molecule has 1 amide bonds. The highest BCUT2D eigenvalue weighted by atomic mass is 35.5. The second-order valence-corrected chi connectivity index (χ2v) is 5.86. The van der Waals surface area contributed by atoms with Gasteiger partial charge in [0.15, 0.2) is 0 Å². The quantitative estimate of drug-likeness (QED) is 0.770. The number of nitrogens with one attached hydrogen (secondary N) is 1. The van der Waals surface area contributed by atoms with Crippen LogP contribution in [0.1, 0.15) is 23.4 Å². The molecule has 8 heteroatoms. The Bertz CT molecular complexity index is 842. The second-order valence-electron chi connectivity index (χ2n) is 5.45. The molecule has 0 bridgehead atoms. The number of aromatic nitrogens is 5. The van der Waals surface area contributed by atoms with Crippen LogP contribution in [0.5, 0.6) is 0 Å². The number of benzene rings is 1. The molecule has 0 unspecified atom stereocenters. The molecule has 0 radical (unpaired) electrons. The third-order valence-corrected chi connectivity index (χ3v) is 3.77. The largest absolute Gasteiger partial charge is 0.345 e. The highest BCUT2D eigenvalue weighted by Crippen LogP contribution is 2.20. The van der Waals surface area contributed by atoms with Gasteiger partial charge in [-0.15, -0.1) is 5.10 Å². The number of carbonyl (C=O) groups is 1. The highest BCUT2D eigenvalue weighted by molar-refractivity contribution is 6.32. The third kappa shape index (κ3) is 3.46. The molecule has 0 saturated carbocycles. The van der Waals surface area contributed by atoms with Crippen LogP contribution >= 0.6 is 11.6 Å². The van der Waals surface area contributed by atoms with Crippen LogP contribution in [-0.2, 0) is 6.54 Å². The van der Waals surface area contributed by atoms with Gasteiger partial charge in [-0.1, -0.05) is 23.7 Å². The van der Waals surface area contributed by atoms with Crippen LogP contribution in [0.25, 0.3) is 5.69 Å². The van der Waals surface area contributed by atoms with Gasteiger partial charge in [-0.3, -0.25) is 9.48 Å². The Balaban J connectivity index is 1.74. The second kappa shape index (κ2) is 6.84. The first kappa shape index (κ1) is 16.2. The summed E-state index contributed by atoms with van der Waals surface area (Å²) in [6.07, 6.45) is 3.54. The molecule has 0 saturated heterocycles. The average Bonchev–Trinajstić information content (AvgIpc) is 3.17.